The highest BCUT2D eigenvalue weighted by Crippen LogP contribution is 2.43. The van der Waals surface area contributed by atoms with Crippen LogP contribution in [-0.2, 0) is 27.9 Å². The first-order valence-corrected chi connectivity index (χ1v) is 23.3. The number of aliphatic hydroxyl groups excluding tert-OH is 1. The summed E-state index contributed by atoms with van der Waals surface area (Å²) in [5.74, 6) is -0.407. The van der Waals surface area contributed by atoms with E-state index in [1.54, 1.807) is 6.26 Å². The molecule has 56 heavy (non-hydrogen) atoms. The van der Waals surface area contributed by atoms with Gasteiger partial charge in [0.05, 0.1) is 40.1 Å². The van der Waals surface area contributed by atoms with Crippen LogP contribution in [0.1, 0.15) is 155 Å². The summed E-state index contributed by atoms with van der Waals surface area (Å²) in [5.41, 5.74) is 0. The second-order valence-electron chi connectivity index (χ2n) is 15.6. The fourth-order valence-electron chi connectivity index (χ4n) is 5.46. The molecule has 324 valence electrons. The quantitative estimate of drug-likeness (QED) is 0.0158. The van der Waals surface area contributed by atoms with E-state index in [4.69, 9.17) is 18.5 Å². The summed E-state index contributed by atoms with van der Waals surface area (Å²) in [4.78, 5) is 22.8. The number of hydrogen-bond acceptors (Lipinski definition) is 7. The van der Waals surface area contributed by atoms with Crippen molar-refractivity contribution in [1.29, 1.82) is 0 Å². The number of ether oxygens (including phenoxy) is 2. The Morgan fingerprint density at radius 1 is 0.643 bits per heavy atom. The molecular formula is C46H83NO8P+. The van der Waals surface area contributed by atoms with Gasteiger partial charge in [0.2, 0.25) is 0 Å². The fraction of sp³-hybridized carbons (Fsp3) is 0.717. The third-order valence-corrected chi connectivity index (χ3v) is 9.84. The number of allylic oxidation sites excluding steroid dienone is 10. The molecule has 0 radical (unpaired) electrons. The van der Waals surface area contributed by atoms with E-state index in [1.165, 1.54) is 70.6 Å². The minimum atomic E-state index is -4.32. The summed E-state index contributed by atoms with van der Waals surface area (Å²) in [7, 11) is 1.56. The molecule has 0 amide bonds. The highest BCUT2D eigenvalue weighted by molar-refractivity contribution is 7.47. The summed E-state index contributed by atoms with van der Waals surface area (Å²) in [6.45, 7) is 4.62. The van der Waals surface area contributed by atoms with Crippen LogP contribution in [0.3, 0.4) is 0 Å². The number of hydrogen-bond donors (Lipinski definition) is 2. The second kappa shape index (κ2) is 38.3. The van der Waals surface area contributed by atoms with Crippen LogP contribution >= 0.6 is 7.82 Å². The van der Waals surface area contributed by atoms with Crippen molar-refractivity contribution in [3.63, 3.8) is 0 Å². The maximum atomic E-state index is 12.7. The van der Waals surface area contributed by atoms with Crippen molar-refractivity contribution in [2.75, 3.05) is 47.5 Å². The molecule has 0 rings (SSSR count). The molecule has 9 nitrogen and oxygen atoms in total. The molecule has 0 saturated carbocycles. The number of esters is 1. The van der Waals surface area contributed by atoms with Gasteiger partial charge in [-0.05, 0) is 89.5 Å². The standard InChI is InChI=1S/C46H82NO8P/c1-6-8-9-10-11-12-13-14-15-16-20-23-26-29-32-35-40-52-42-45(43-54-56(50,51)53-41-39-47(3,4)5)55-46(49)38-34-31-28-25-22-19-17-18-21-24-27-30-33-37-44(48)36-7-2/h12-13,17,19,21,24-25,28,30,33,35,40,44-45,48H,6-11,14-16,18,20,22-23,26-27,29,31-32,34,36-39,41-43H2,1-5H3/p+1/b13-12-,19-17-,24-21-,28-25-,33-30-,40-35+/t44?,45-/m1/s1. The van der Waals surface area contributed by atoms with Crippen LogP contribution in [0.5, 0.6) is 0 Å². The monoisotopic (exact) mass is 809 g/mol. The van der Waals surface area contributed by atoms with Gasteiger partial charge in [-0.15, -0.1) is 0 Å². The van der Waals surface area contributed by atoms with Gasteiger partial charge < -0.3 is 24.0 Å². The van der Waals surface area contributed by atoms with Crippen molar-refractivity contribution in [3.05, 3.63) is 73.1 Å². The molecular weight excluding hydrogens is 725 g/mol. The van der Waals surface area contributed by atoms with Crippen LogP contribution in [0.15, 0.2) is 73.1 Å². The Hall–Kier alpha value is -2.26. The molecule has 0 heterocycles. The minimum Gasteiger partial charge on any atom is -0.498 e. The lowest BCUT2D eigenvalue weighted by Crippen LogP contribution is -2.37. The smallest absolute Gasteiger partial charge is 0.472 e. The molecule has 0 saturated heterocycles. The summed E-state index contributed by atoms with van der Waals surface area (Å²) in [5, 5.41) is 9.74. The van der Waals surface area contributed by atoms with Crippen LogP contribution < -0.4 is 0 Å². The van der Waals surface area contributed by atoms with Gasteiger partial charge in [0, 0.05) is 6.42 Å². The van der Waals surface area contributed by atoms with E-state index in [-0.39, 0.29) is 32.3 Å². The Balaban J connectivity index is 4.44. The fourth-order valence-corrected chi connectivity index (χ4v) is 6.20. The predicted molar refractivity (Wildman–Crippen MR) is 234 cm³/mol. The molecule has 0 aromatic heterocycles. The number of carbonyl (C=O) groups excluding carboxylic acids is 1. The molecule has 2 N–H and O–H groups in total. The Morgan fingerprint density at radius 3 is 1.75 bits per heavy atom. The van der Waals surface area contributed by atoms with Crippen LogP contribution in [0.25, 0.3) is 0 Å². The number of aliphatic hydroxyl groups is 1. The number of carbonyl (C=O) groups is 1. The van der Waals surface area contributed by atoms with Crippen LogP contribution in [0.4, 0.5) is 0 Å². The van der Waals surface area contributed by atoms with E-state index in [1.807, 2.05) is 33.3 Å². The van der Waals surface area contributed by atoms with Crippen LogP contribution in [0, 0.1) is 0 Å². The first kappa shape index (κ1) is 53.7. The van der Waals surface area contributed by atoms with E-state index in [9.17, 15) is 19.4 Å². The summed E-state index contributed by atoms with van der Waals surface area (Å²) in [6.07, 6.45) is 46.7. The highest BCUT2D eigenvalue weighted by Gasteiger charge is 2.26. The zero-order valence-electron chi connectivity index (χ0n) is 36.2. The highest BCUT2D eigenvalue weighted by atomic mass is 31.2. The van der Waals surface area contributed by atoms with Crippen molar-refractivity contribution in [2.24, 2.45) is 0 Å². The molecule has 0 spiro atoms. The third-order valence-electron chi connectivity index (χ3n) is 8.86. The van der Waals surface area contributed by atoms with Gasteiger partial charge in [0.25, 0.3) is 0 Å². The molecule has 0 aliphatic rings. The molecule has 0 aliphatic carbocycles. The lowest BCUT2D eigenvalue weighted by molar-refractivity contribution is -0.870. The Kier molecular flexibility index (Phi) is 36.7. The lowest BCUT2D eigenvalue weighted by atomic mass is 10.1. The lowest BCUT2D eigenvalue weighted by Gasteiger charge is -2.24. The number of likely N-dealkylation sites (N-methyl/N-ethyl adjacent to an activating group) is 1. The predicted octanol–water partition coefficient (Wildman–Crippen LogP) is 12.0. The van der Waals surface area contributed by atoms with Crippen LogP contribution in [-0.4, -0.2) is 80.2 Å². The minimum absolute atomic E-state index is 0.00954. The van der Waals surface area contributed by atoms with E-state index in [2.05, 4.69) is 68.5 Å². The first-order valence-electron chi connectivity index (χ1n) is 21.8. The molecule has 3 atom stereocenters. The SMILES string of the molecule is CCCCCC/C=C\CCCCCCCC/C=C/OC[C@H](COP(=O)(O)OCC[N+](C)(C)C)OC(=O)CCC/C=C\C/C=C\C/C=C\C/C=C\CC(O)CCC. The summed E-state index contributed by atoms with van der Waals surface area (Å²) >= 11 is 0. The van der Waals surface area contributed by atoms with Gasteiger partial charge in [-0.3, -0.25) is 13.8 Å². The molecule has 10 heteroatoms. The molecule has 0 aromatic carbocycles. The van der Waals surface area contributed by atoms with Crippen LogP contribution in [0.2, 0.25) is 0 Å². The zero-order valence-corrected chi connectivity index (χ0v) is 37.1. The van der Waals surface area contributed by atoms with Gasteiger partial charge in [-0.25, -0.2) is 4.57 Å². The first-order chi connectivity index (χ1) is 27.0. The number of rotatable bonds is 39. The summed E-state index contributed by atoms with van der Waals surface area (Å²) < 4.78 is 34.6. The van der Waals surface area contributed by atoms with E-state index in [0.29, 0.717) is 17.4 Å². The average molecular weight is 809 g/mol. The van der Waals surface area contributed by atoms with Crippen molar-refractivity contribution in [2.45, 2.75) is 167 Å². The Morgan fingerprint density at radius 2 is 1.16 bits per heavy atom. The maximum absolute atomic E-state index is 12.7. The number of nitrogens with zero attached hydrogens (tertiary/aromatic N) is 1. The normalized spacial score (nSPS) is 15.0. The molecule has 0 aliphatic heterocycles. The number of phosphoric ester groups is 1. The van der Waals surface area contributed by atoms with Crippen molar-refractivity contribution in [3.8, 4) is 0 Å². The van der Waals surface area contributed by atoms with E-state index >= 15 is 0 Å². The van der Waals surface area contributed by atoms with Gasteiger partial charge in [0.15, 0.2) is 6.10 Å². The van der Waals surface area contributed by atoms with E-state index < -0.39 is 19.9 Å². The molecule has 2 unspecified atom stereocenters. The Labute approximate surface area is 343 Å². The van der Waals surface area contributed by atoms with Crippen molar-refractivity contribution in [1.82, 2.24) is 0 Å². The third kappa shape index (κ3) is 41.4. The molecule has 0 fully saturated rings. The van der Waals surface area contributed by atoms with Crippen molar-refractivity contribution >= 4 is 13.8 Å². The topological polar surface area (TPSA) is 112 Å². The molecule has 0 aromatic rings. The van der Waals surface area contributed by atoms with Crippen molar-refractivity contribution < 1.29 is 42.4 Å². The van der Waals surface area contributed by atoms with Gasteiger partial charge >= 0.3 is 13.8 Å². The average Bonchev–Trinajstić information content (AvgIpc) is 3.14. The number of quaternary nitrogens is 1. The van der Waals surface area contributed by atoms with E-state index in [0.717, 1.165) is 57.8 Å². The molecule has 0 bridgehead atoms. The Bertz CT molecular complexity index is 1140. The maximum Gasteiger partial charge on any atom is 0.472 e. The van der Waals surface area contributed by atoms with Gasteiger partial charge in [0.1, 0.15) is 19.8 Å². The van der Waals surface area contributed by atoms with Gasteiger partial charge in [-0.2, -0.15) is 0 Å². The zero-order chi connectivity index (χ0) is 41.4. The number of unbranched alkanes of at least 4 members (excludes halogenated alkanes) is 12. The summed E-state index contributed by atoms with van der Waals surface area (Å²) in [6, 6.07) is 0. The largest absolute Gasteiger partial charge is 0.498 e. The second-order valence-corrected chi connectivity index (χ2v) is 17.1. The number of phosphoric acid groups is 1. The van der Waals surface area contributed by atoms with Gasteiger partial charge in [-0.1, -0.05) is 126 Å².